The Labute approximate surface area is 148 Å². The average Bonchev–Trinajstić information content (AvgIpc) is 2.65. The molecule has 1 N–H and O–H groups in total. The van der Waals surface area contributed by atoms with Gasteiger partial charge in [-0.15, -0.1) is 0 Å². The van der Waals surface area contributed by atoms with Crippen molar-refractivity contribution in [2.45, 2.75) is 0 Å². The van der Waals surface area contributed by atoms with E-state index in [0.717, 1.165) is 28.4 Å². The van der Waals surface area contributed by atoms with Gasteiger partial charge in [0, 0.05) is 31.4 Å². The Morgan fingerprint density at radius 2 is 1.76 bits per heavy atom. The van der Waals surface area contributed by atoms with Crippen LogP contribution < -0.4 is 19.7 Å². The van der Waals surface area contributed by atoms with Crippen molar-refractivity contribution in [1.29, 1.82) is 0 Å². The molecule has 0 saturated heterocycles. The smallest absolute Gasteiger partial charge is 0.134 e. The zero-order chi connectivity index (χ0) is 17.6. The van der Waals surface area contributed by atoms with Crippen LogP contribution in [-0.2, 0) is 0 Å². The van der Waals surface area contributed by atoms with Crippen molar-refractivity contribution in [2.75, 3.05) is 44.6 Å². The normalized spacial score (nSPS) is 10.5. The van der Waals surface area contributed by atoms with Crippen LogP contribution >= 0.6 is 0 Å². The van der Waals surface area contributed by atoms with Crippen LogP contribution in [0.4, 0.5) is 11.5 Å². The minimum Gasteiger partial charge on any atom is -0.497 e. The topological polar surface area (TPSA) is 46.6 Å². The molecule has 0 atom stereocenters. The van der Waals surface area contributed by atoms with E-state index in [1.165, 1.54) is 5.39 Å². The Balaban J connectivity index is 1.63. The Bertz CT molecular complexity index is 832. The number of pyridine rings is 1. The lowest BCUT2D eigenvalue weighted by Crippen LogP contribution is -2.13. The molecule has 130 valence electrons. The number of aromatic nitrogens is 1. The van der Waals surface area contributed by atoms with E-state index >= 15 is 0 Å². The van der Waals surface area contributed by atoms with Crippen LogP contribution in [-0.4, -0.2) is 39.3 Å². The van der Waals surface area contributed by atoms with Gasteiger partial charge in [0.05, 0.1) is 13.7 Å². The Kier molecular flexibility index (Phi) is 5.23. The number of anilines is 2. The van der Waals surface area contributed by atoms with Crippen LogP contribution in [0, 0.1) is 0 Å². The highest BCUT2D eigenvalue weighted by Crippen LogP contribution is 2.25. The van der Waals surface area contributed by atoms with Crippen LogP contribution in [0.1, 0.15) is 0 Å². The molecule has 0 aliphatic heterocycles. The maximum atomic E-state index is 5.75. The molecule has 1 aromatic heterocycles. The van der Waals surface area contributed by atoms with Crippen molar-refractivity contribution in [1.82, 2.24) is 4.98 Å². The summed E-state index contributed by atoms with van der Waals surface area (Å²) in [7, 11) is 5.72. The zero-order valence-corrected chi connectivity index (χ0v) is 14.8. The van der Waals surface area contributed by atoms with Crippen LogP contribution in [0.25, 0.3) is 10.8 Å². The summed E-state index contributed by atoms with van der Waals surface area (Å²) < 4.78 is 10.9. The van der Waals surface area contributed by atoms with Crippen molar-refractivity contribution in [3.8, 4) is 11.5 Å². The second-order valence-electron chi connectivity index (χ2n) is 5.91. The van der Waals surface area contributed by atoms with Gasteiger partial charge < -0.3 is 19.7 Å². The van der Waals surface area contributed by atoms with Crippen molar-refractivity contribution < 1.29 is 9.47 Å². The molecule has 5 nitrogen and oxygen atoms in total. The molecule has 0 aliphatic carbocycles. The predicted molar refractivity (Wildman–Crippen MR) is 103 cm³/mol. The number of methoxy groups -OCH3 is 1. The molecule has 0 saturated carbocycles. The third-order valence-electron chi connectivity index (χ3n) is 3.99. The van der Waals surface area contributed by atoms with Crippen LogP contribution in [0.3, 0.4) is 0 Å². The summed E-state index contributed by atoms with van der Waals surface area (Å²) >= 11 is 0. The number of ether oxygens (including phenoxy) is 2. The third-order valence-corrected chi connectivity index (χ3v) is 3.99. The van der Waals surface area contributed by atoms with E-state index in [4.69, 9.17) is 9.47 Å². The molecule has 5 heteroatoms. The highest BCUT2D eigenvalue weighted by Gasteiger charge is 2.05. The van der Waals surface area contributed by atoms with E-state index in [1.54, 1.807) is 7.11 Å². The molecule has 0 amide bonds. The van der Waals surface area contributed by atoms with E-state index in [2.05, 4.69) is 33.4 Å². The summed E-state index contributed by atoms with van der Waals surface area (Å²) in [6.07, 6.45) is 1.82. The number of fused-ring (bicyclic) bond motifs is 1. The van der Waals surface area contributed by atoms with Crippen molar-refractivity contribution in [2.24, 2.45) is 0 Å². The van der Waals surface area contributed by atoms with E-state index in [1.807, 2.05) is 50.6 Å². The number of nitrogens with zero attached hydrogens (tertiary/aromatic N) is 2. The lowest BCUT2D eigenvalue weighted by atomic mass is 10.1. The van der Waals surface area contributed by atoms with E-state index < -0.39 is 0 Å². The molecule has 0 bridgehead atoms. The van der Waals surface area contributed by atoms with Gasteiger partial charge in [0.25, 0.3) is 0 Å². The highest BCUT2D eigenvalue weighted by molar-refractivity contribution is 5.94. The monoisotopic (exact) mass is 337 g/mol. The van der Waals surface area contributed by atoms with Crippen LogP contribution in [0.5, 0.6) is 11.5 Å². The number of hydrogen-bond donors (Lipinski definition) is 1. The standard InChI is InChI=1S/C20H23N3O2/c1-23(2)16-5-4-15-10-11-21-20(19(15)14-16)22-12-13-25-18-8-6-17(24-3)7-9-18/h4-11,14H,12-13H2,1-3H3,(H,21,22). The molecular weight excluding hydrogens is 314 g/mol. The maximum Gasteiger partial charge on any atom is 0.134 e. The summed E-state index contributed by atoms with van der Waals surface area (Å²) in [5, 5.41) is 5.64. The second-order valence-corrected chi connectivity index (χ2v) is 5.91. The van der Waals surface area contributed by atoms with Crippen molar-refractivity contribution >= 4 is 22.3 Å². The molecule has 0 fully saturated rings. The Morgan fingerprint density at radius 3 is 2.48 bits per heavy atom. The van der Waals surface area contributed by atoms with Gasteiger partial charge >= 0.3 is 0 Å². The summed E-state index contributed by atoms with van der Waals surface area (Å²) in [4.78, 5) is 6.56. The van der Waals surface area contributed by atoms with Gasteiger partial charge in [-0.1, -0.05) is 6.07 Å². The van der Waals surface area contributed by atoms with Crippen LogP contribution in [0.15, 0.2) is 54.7 Å². The van der Waals surface area contributed by atoms with Gasteiger partial charge in [0.15, 0.2) is 0 Å². The lowest BCUT2D eigenvalue weighted by Gasteiger charge is -2.15. The fourth-order valence-corrected chi connectivity index (χ4v) is 2.59. The predicted octanol–water partition coefficient (Wildman–Crippen LogP) is 3.80. The molecule has 3 aromatic rings. The third kappa shape index (κ3) is 4.12. The Morgan fingerprint density at radius 1 is 1.00 bits per heavy atom. The first-order valence-corrected chi connectivity index (χ1v) is 8.24. The number of nitrogens with one attached hydrogen (secondary N) is 1. The first-order chi connectivity index (χ1) is 12.2. The van der Waals surface area contributed by atoms with Crippen molar-refractivity contribution in [3.63, 3.8) is 0 Å². The summed E-state index contributed by atoms with van der Waals surface area (Å²) in [5.74, 6) is 2.52. The number of benzene rings is 2. The van der Waals surface area contributed by atoms with Gasteiger partial charge in [-0.2, -0.15) is 0 Å². The van der Waals surface area contributed by atoms with Crippen molar-refractivity contribution in [3.05, 3.63) is 54.7 Å². The molecule has 0 aliphatic rings. The molecule has 3 rings (SSSR count). The SMILES string of the molecule is COc1ccc(OCCNc2nccc3ccc(N(C)C)cc23)cc1. The number of hydrogen-bond acceptors (Lipinski definition) is 5. The fraction of sp³-hybridized carbons (Fsp3) is 0.250. The van der Waals surface area contributed by atoms with Gasteiger partial charge in [-0.25, -0.2) is 4.98 Å². The molecule has 0 spiro atoms. The zero-order valence-electron chi connectivity index (χ0n) is 14.8. The summed E-state index contributed by atoms with van der Waals surface area (Å²) in [5.41, 5.74) is 1.15. The first-order valence-electron chi connectivity index (χ1n) is 8.24. The molecular formula is C20H23N3O2. The molecule has 25 heavy (non-hydrogen) atoms. The number of rotatable bonds is 7. The van der Waals surface area contributed by atoms with E-state index in [0.29, 0.717) is 13.2 Å². The van der Waals surface area contributed by atoms with Gasteiger partial charge in [-0.3, -0.25) is 0 Å². The molecule has 1 heterocycles. The van der Waals surface area contributed by atoms with Gasteiger partial charge in [-0.05, 0) is 47.9 Å². The Hall–Kier alpha value is -2.95. The minimum absolute atomic E-state index is 0.553. The molecule has 0 radical (unpaired) electrons. The first kappa shape index (κ1) is 16.9. The largest absolute Gasteiger partial charge is 0.497 e. The summed E-state index contributed by atoms with van der Waals surface area (Å²) in [6.45, 7) is 1.22. The minimum atomic E-state index is 0.553. The van der Waals surface area contributed by atoms with Crippen LogP contribution in [0.2, 0.25) is 0 Å². The molecule has 0 unspecified atom stereocenters. The second kappa shape index (κ2) is 7.75. The quantitative estimate of drug-likeness (QED) is 0.665. The average molecular weight is 337 g/mol. The lowest BCUT2D eigenvalue weighted by molar-refractivity contribution is 0.331. The fourth-order valence-electron chi connectivity index (χ4n) is 2.59. The maximum absolute atomic E-state index is 5.75. The van der Waals surface area contributed by atoms with Gasteiger partial charge in [0.2, 0.25) is 0 Å². The van der Waals surface area contributed by atoms with E-state index in [-0.39, 0.29) is 0 Å². The van der Waals surface area contributed by atoms with Gasteiger partial charge in [0.1, 0.15) is 23.9 Å². The summed E-state index contributed by atoms with van der Waals surface area (Å²) in [6, 6.07) is 16.0. The molecule has 2 aromatic carbocycles. The van der Waals surface area contributed by atoms with E-state index in [9.17, 15) is 0 Å². The highest BCUT2D eigenvalue weighted by atomic mass is 16.5.